The Morgan fingerprint density at radius 2 is 1.62 bits per heavy atom. The molecule has 1 atom stereocenters. The van der Waals surface area contributed by atoms with Crippen LogP contribution in [0.5, 0.6) is 11.5 Å². The maximum absolute atomic E-state index is 10.4. The third-order valence-corrected chi connectivity index (χ3v) is 3.87. The van der Waals surface area contributed by atoms with Crippen molar-refractivity contribution in [1.29, 1.82) is 0 Å². The first-order valence-electron chi connectivity index (χ1n) is 8.13. The molecule has 0 bridgehead atoms. The van der Waals surface area contributed by atoms with Crippen LogP contribution in [-0.2, 0) is 0 Å². The number of para-hydroxylation sites is 1. The molecule has 0 radical (unpaired) electrons. The Bertz CT molecular complexity index is 390. The summed E-state index contributed by atoms with van der Waals surface area (Å²) in [5.41, 5.74) is 0.822. The number of methoxy groups -OCH3 is 2. The molecule has 1 aromatic carbocycles. The number of ether oxygens (including phenoxy) is 2. The van der Waals surface area contributed by atoms with Crippen molar-refractivity contribution in [3.8, 4) is 11.5 Å². The number of aliphatic hydroxyl groups is 1. The number of unbranched alkanes of at least 4 members (excludes halogenated alkanes) is 6. The van der Waals surface area contributed by atoms with Crippen molar-refractivity contribution in [3.63, 3.8) is 0 Å². The maximum Gasteiger partial charge on any atom is 0.166 e. The average Bonchev–Trinajstić information content (AvgIpc) is 2.52. The monoisotopic (exact) mass is 294 g/mol. The Labute approximate surface area is 129 Å². The van der Waals surface area contributed by atoms with Crippen molar-refractivity contribution in [2.24, 2.45) is 0 Å². The van der Waals surface area contributed by atoms with Gasteiger partial charge in [0.05, 0.1) is 20.3 Å². The summed E-state index contributed by atoms with van der Waals surface area (Å²) in [6.07, 6.45) is 9.07. The van der Waals surface area contributed by atoms with E-state index in [-0.39, 0.29) is 0 Å². The summed E-state index contributed by atoms with van der Waals surface area (Å²) < 4.78 is 10.6. The van der Waals surface area contributed by atoms with Crippen LogP contribution in [0.2, 0.25) is 0 Å². The van der Waals surface area contributed by atoms with Crippen molar-refractivity contribution < 1.29 is 14.6 Å². The highest BCUT2D eigenvalue weighted by Gasteiger charge is 2.16. The Kier molecular flexibility index (Phi) is 8.91. The quantitative estimate of drug-likeness (QED) is 0.591. The van der Waals surface area contributed by atoms with Gasteiger partial charge >= 0.3 is 0 Å². The van der Waals surface area contributed by atoms with Gasteiger partial charge in [-0.15, -0.1) is 0 Å². The molecular weight excluding hydrogens is 264 g/mol. The highest BCUT2D eigenvalue weighted by atomic mass is 16.5. The van der Waals surface area contributed by atoms with Gasteiger partial charge in [-0.25, -0.2) is 0 Å². The molecule has 0 fully saturated rings. The molecule has 0 saturated heterocycles. The van der Waals surface area contributed by atoms with Crippen LogP contribution in [0.25, 0.3) is 0 Å². The van der Waals surface area contributed by atoms with Crippen LogP contribution in [0.1, 0.15) is 70.0 Å². The number of benzene rings is 1. The molecule has 1 N–H and O–H groups in total. The summed E-state index contributed by atoms with van der Waals surface area (Å²) in [6.45, 7) is 2.23. The molecule has 1 rings (SSSR count). The second kappa shape index (κ2) is 10.5. The van der Waals surface area contributed by atoms with Crippen molar-refractivity contribution in [1.82, 2.24) is 0 Å². The van der Waals surface area contributed by atoms with Gasteiger partial charge in [0.1, 0.15) is 0 Å². The summed E-state index contributed by atoms with van der Waals surface area (Å²) in [5, 5.41) is 10.4. The Balaban J connectivity index is 2.40. The van der Waals surface area contributed by atoms with Crippen LogP contribution in [0.15, 0.2) is 18.2 Å². The molecule has 0 spiro atoms. The minimum absolute atomic E-state index is 0.481. The molecule has 21 heavy (non-hydrogen) atoms. The molecule has 120 valence electrons. The zero-order valence-electron chi connectivity index (χ0n) is 13.7. The molecule has 3 heteroatoms. The van der Waals surface area contributed by atoms with E-state index in [0.717, 1.165) is 18.4 Å². The normalized spacial score (nSPS) is 12.2. The largest absolute Gasteiger partial charge is 0.493 e. The van der Waals surface area contributed by atoms with E-state index >= 15 is 0 Å². The van der Waals surface area contributed by atoms with E-state index in [1.165, 1.54) is 38.5 Å². The first-order valence-corrected chi connectivity index (χ1v) is 8.13. The van der Waals surface area contributed by atoms with Gasteiger partial charge in [-0.2, -0.15) is 0 Å². The van der Waals surface area contributed by atoms with E-state index in [1.54, 1.807) is 14.2 Å². The molecule has 0 saturated carbocycles. The fraction of sp³-hybridized carbons (Fsp3) is 0.667. The van der Waals surface area contributed by atoms with Crippen LogP contribution >= 0.6 is 0 Å². The number of aliphatic hydroxyl groups excluding tert-OH is 1. The minimum Gasteiger partial charge on any atom is -0.493 e. The zero-order chi connectivity index (χ0) is 15.5. The van der Waals surface area contributed by atoms with E-state index in [4.69, 9.17) is 9.47 Å². The van der Waals surface area contributed by atoms with E-state index in [0.29, 0.717) is 11.5 Å². The van der Waals surface area contributed by atoms with Gasteiger partial charge in [0, 0.05) is 5.56 Å². The third-order valence-electron chi connectivity index (χ3n) is 3.87. The van der Waals surface area contributed by atoms with Gasteiger partial charge in [0.2, 0.25) is 0 Å². The summed E-state index contributed by atoms with van der Waals surface area (Å²) in [4.78, 5) is 0. The van der Waals surface area contributed by atoms with Crippen LogP contribution in [-0.4, -0.2) is 19.3 Å². The molecule has 0 aromatic heterocycles. The van der Waals surface area contributed by atoms with Crippen molar-refractivity contribution >= 4 is 0 Å². The fourth-order valence-corrected chi connectivity index (χ4v) is 2.62. The standard InChI is InChI=1S/C18H30O3/c1-4-5-6-7-8-9-10-13-16(19)15-12-11-14-17(20-2)18(15)21-3/h11-12,14,16,19H,4-10,13H2,1-3H3. The number of rotatable bonds is 11. The molecule has 1 aromatic rings. The molecule has 0 heterocycles. The van der Waals surface area contributed by atoms with Crippen molar-refractivity contribution in [3.05, 3.63) is 23.8 Å². The van der Waals surface area contributed by atoms with Gasteiger partial charge in [0.15, 0.2) is 11.5 Å². The van der Waals surface area contributed by atoms with E-state index in [1.807, 2.05) is 18.2 Å². The summed E-state index contributed by atoms with van der Waals surface area (Å²) in [6, 6.07) is 5.65. The van der Waals surface area contributed by atoms with E-state index in [2.05, 4.69) is 6.92 Å². The van der Waals surface area contributed by atoms with Gasteiger partial charge in [-0.05, 0) is 12.5 Å². The van der Waals surface area contributed by atoms with Crippen molar-refractivity contribution in [2.45, 2.75) is 64.4 Å². The Morgan fingerprint density at radius 1 is 0.952 bits per heavy atom. The fourth-order valence-electron chi connectivity index (χ4n) is 2.62. The molecule has 3 nitrogen and oxygen atoms in total. The molecule has 0 aliphatic rings. The molecule has 0 aliphatic carbocycles. The third kappa shape index (κ3) is 5.96. The second-order valence-electron chi connectivity index (χ2n) is 5.51. The lowest BCUT2D eigenvalue weighted by molar-refractivity contribution is 0.158. The average molecular weight is 294 g/mol. The maximum atomic E-state index is 10.4. The van der Waals surface area contributed by atoms with E-state index in [9.17, 15) is 5.11 Å². The van der Waals surface area contributed by atoms with Crippen LogP contribution in [0.4, 0.5) is 0 Å². The predicted molar refractivity (Wildman–Crippen MR) is 87.1 cm³/mol. The second-order valence-corrected chi connectivity index (χ2v) is 5.51. The SMILES string of the molecule is CCCCCCCCCC(O)c1cccc(OC)c1OC. The summed E-state index contributed by atoms with van der Waals surface area (Å²) in [7, 11) is 3.23. The summed E-state index contributed by atoms with van der Waals surface area (Å²) in [5.74, 6) is 1.32. The predicted octanol–water partition coefficient (Wildman–Crippen LogP) is 4.88. The molecule has 0 aliphatic heterocycles. The highest BCUT2D eigenvalue weighted by molar-refractivity contribution is 5.47. The summed E-state index contributed by atoms with van der Waals surface area (Å²) >= 11 is 0. The first-order chi connectivity index (χ1) is 10.2. The molecule has 0 amide bonds. The topological polar surface area (TPSA) is 38.7 Å². The van der Waals surface area contributed by atoms with Crippen LogP contribution < -0.4 is 9.47 Å². The smallest absolute Gasteiger partial charge is 0.166 e. The van der Waals surface area contributed by atoms with Gasteiger partial charge in [-0.3, -0.25) is 0 Å². The lowest BCUT2D eigenvalue weighted by Gasteiger charge is -2.17. The Hall–Kier alpha value is -1.22. The van der Waals surface area contributed by atoms with E-state index < -0.39 is 6.10 Å². The lowest BCUT2D eigenvalue weighted by Crippen LogP contribution is -2.02. The van der Waals surface area contributed by atoms with Crippen LogP contribution in [0.3, 0.4) is 0 Å². The molecular formula is C18H30O3. The van der Waals surface area contributed by atoms with Crippen LogP contribution in [0, 0.1) is 0 Å². The van der Waals surface area contributed by atoms with Gasteiger partial charge in [-0.1, -0.05) is 64.0 Å². The highest BCUT2D eigenvalue weighted by Crippen LogP contribution is 2.36. The number of hydrogen-bond acceptors (Lipinski definition) is 3. The minimum atomic E-state index is -0.481. The Morgan fingerprint density at radius 3 is 2.24 bits per heavy atom. The number of hydrogen-bond donors (Lipinski definition) is 1. The van der Waals surface area contributed by atoms with Crippen molar-refractivity contribution in [2.75, 3.05) is 14.2 Å². The lowest BCUT2D eigenvalue weighted by atomic mass is 10.0. The molecule has 1 unspecified atom stereocenters. The van der Waals surface area contributed by atoms with Gasteiger partial charge < -0.3 is 14.6 Å². The van der Waals surface area contributed by atoms with Gasteiger partial charge in [0.25, 0.3) is 0 Å². The zero-order valence-corrected chi connectivity index (χ0v) is 13.7. The first kappa shape index (κ1) is 17.8.